The summed E-state index contributed by atoms with van der Waals surface area (Å²) in [7, 11) is 0. The Morgan fingerprint density at radius 3 is 2.55 bits per heavy atom. The van der Waals surface area contributed by atoms with E-state index in [2.05, 4.69) is 35.2 Å². The molecule has 5 rings (SSSR count). The summed E-state index contributed by atoms with van der Waals surface area (Å²) in [5.41, 5.74) is 3.24. The van der Waals surface area contributed by atoms with Crippen LogP contribution >= 0.6 is 11.3 Å². The molecule has 1 aliphatic heterocycles. The van der Waals surface area contributed by atoms with Crippen LogP contribution in [0.15, 0.2) is 78.9 Å². The lowest BCUT2D eigenvalue weighted by Crippen LogP contribution is -2.39. The highest BCUT2D eigenvalue weighted by atomic mass is 32.1. The Morgan fingerprint density at radius 1 is 1.03 bits per heavy atom. The molecule has 1 unspecified atom stereocenters. The van der Waals surface area contributed by atoms with Crippen LogP contribution in [0.1, 0.15) is 35.0 Å². The van der Waals surface area contributed by atoms with Crippen molar-refractivity contribution in [3.05, 3.63) is 95.0 Å². The second-order valence-electron chi connectivity index (χ2n) is 8.42. The molecule has 33 heavy (non-hydrogen) atoms. The van der Waals surface area contributed by atoms with Gasteiger partial charge in [0.25, 0.3) is 0 Å². The number of aliphatic carboxylic acids is 1. The first-order valence-corrected chi connectivity index (χ1v) is 12.1. The summed E-state index contributed by atoms with van der Waals surface area (Å²) in [6.45, 7) is 1.97. The summed E-state index contributed by atoms with van der Waals surface area (Å²) in [6, 6.07) is 26.5. The zero-order valence-electron chi connectivity index (χ0n) is 18.3. The number of carboxylic acid groups (broad SMARTS) is 1. The Bertz CT molecular complexity index is 1200. The molecule has 2 heterocycles. The maximum absolute atomic E-state index is 11.5. The highest BCUT2D eigenvalue weighted by Crippen LogP contribution is 2.37. The minimum Gasteiger partial charge on any atom is -0.489 e. The first-order chi connectivity index (χ1) is 16.2. The Morgan fingerprint density at radius 2 is 1.79 bits per heavy atom. The summed E-state index contributed by atoms with van der Waals surface area (Å²) >= 11 is 1.71. The van der Waals surface area contributed by atoms with Gasteiger partial charge in [0, 0.05) is 0 Å². The van der Waals surface area contributed by atoms with E-state index in [9.17, 15) is 9.90 Å². The van der Waals surface area contributed by atoms with Crippen LogP contribution in [0, 0.1) is 5.92 Å². The molecule has 0 aliphatic carbocycles. The van der Waals surface area contributed by atoms with E-state index in [4.69, 9.17) is 9.72 Å². The summed E-state index contributed by atoms with van der Waals surface area (Å²) in [5, 5.41) is 10.5. The molecule has 0 saturated carbocycles. The Kier molecular flexibility index (Phi) is 6.37. The van der Waals surface area contributed by atoms with Crippen LogP contribution in [0.4, 0.5) is 0 Å². The van der Waals surface area contributed by atoms with Crippen LogP contribution in [0.2, 0.25) is 0 Å². The van der Waals surface area contributed by atoms with E-state index in [1.807, 2.05) is 48.5 Å². The molecular formula is C27H26N2O3S. The summed E-state index contributed by atoms with van der Waals surface area (Å²) in [5.74, 6) is -0.136. The third-order valence-corrected chi connectivity index (χ3v) is 7.30. The number of rotatable bonds is 7. The second kappa shape index (κ2) is 9.73. The molecule has 0 amide bonds. The average molecular weight is 459 g/mol. The third kappa shape index (κ3) is 4.92. The Labute approximate surface area is 197 Å². The number of hydrogen-bond acceptors (Lipinski definition) is 5. The molecule has 1 aliphatic rings. The number of nitrogens with zero attached hydrogens (tertiary/aromatic N) is 2. The van der Waals surface area contributed by atoms with Gasteiger partial charge < -0.3 is 9.84 Å². The number of benzene rings is 3. The molecule has 4 aromatic rings. The van der Waals surface area contributed by atoms with E-state index >= 15 is 0 Å². The molecule has 6 heteroatoms. The molecule has 1 fully saturated rings. The zero-order chi connectivity index (χ0) is 22.6. The molecule has 1 saturated heterocycles. The number of aromatic nitrogens is 1. The predicted molar refractivity (Wildman–Crippen MR) is 131 cm³/mol. The molecular weight excluding hydrogens is 432 g/mol. The molecule has 1 N–H and O–H groups in total. The topological polar surface area (TPSA) is 62.7 Å². The number of piperidine rings is 1. The van der Waals surface area contributed by atoms with Crippen molar-refractivity contribution >= 4 is 27.5 Å². The average Bonchev–Trinajstić information content (AvgIpc) is 3.28. The van der Waals surface area contributed by atoms with Crippen molar-refractivity contribution in [3.63, 3.8) is 0 Å². The number of carboxylic acids is 1. The lowest BCUT2D eigenvalue weighted by Gasteiger charge is -2.35. The normalized spacial score (nSPS) is 16.0. The molecule has 5 nitrogen and oxygen atoms in total. The highest BCUT2D eigenvalue weighted by molar-refractivity contribution is 7.18. The van der Waals surface area contributed by atoms with Gasteiger partial charge in [-0.15, -0.1) is 11.3 Å². The van der Waals surface area contributed by atoms with Gasteiger partial charge in [-0.3, -0.25) is 9.69 Å². The molecule has 1 aromatic heterocycles. The van der Waals surface area contributed by atoms with Gasteiger partial charge >= 0.3 is 5.97 Å². The van der Waals surface area contributed by atoms with E-state index in [1.54, 1.807) is 11.3 Å². The molecule has 0 radical (unpaired) electrons. The number of carbonyl (C=O) groups is 1. The molecule has 0 spiro atoms. The van der Waals surface area contributed by atoms with Crippen molar-refractivity contribution in [2.75, 3.05) is 13.1 Å². The third-order valence-electron chi connectivity index (χ3n) is 6.21. The number of likely N-dealkylation sites (tertiary alicyclic amines) is 1. The van der Waals surface area contributed by atoms with Crippen LogP contribution in [0.25, 0.3) is 10.2 Å². The van der Waals surface area contributed by atoms with E-state index in [-0.39, 0.29) is 12.0 Å². The lowest BCUT2D eigenvalue weighted by atomic mass is 9.94. The minimum absolute atomic E-state index is 0.0302. The fourth-order valence-corrected chi connectivity index (χ4v) is 5.57. The van der Waals surface area contributed by atoms with E-state index in [0.717, 1.165) is 45.2 Å². The minimum atomic E-state index is -0.692. The zero-order valence-corrected chi connectivity index (χ0v) is 19.1. The van der Waals surface area contributed by atoms with Crippen molar-refractivity contribution in [2.45, 2.75) is 25.5 Å². The van der Waals surface area contributed by atoms with E-state index in [0.29, 0.717) is 19.4 Å². The summed E-state index contributed by atoms with van der Waals surface area (Å²) in [4.78, 5) is 18.8. The van der Waals surface area contributed by atoms with Crippen LogP contribution in [-0.4, -0.2) is 34.0 Å². The van der Waals surface area contributed by atoms with Crippen LogP contribution in [0.3, 0.4) is 0 Å². The number of ether oxygens (including phenoxy) is 1. The van der Waals surface area contributed by atoms with Crippen molar-refractivity contribution in [1.82, 2.24) is 9.88 Å². The Hall–Kier alpha value is -3.22. The number of para-hydroxylation sites is 1. The molecule has 1 atom stereocenters. The van der Waals surface area contributed by atoms with E-state index < -0.39 is 5.97 Å². The van der Waals surface area contributed by atoms with Gasteiger partial charge in [-0.25, -0.2) is 4.98 Å². The van der Waals surface area contributed by atoms with Crippen molar-refractivity contribution in [1.29, 1.82) is 0 Å². The van der Waals surface area contributed by atoms with Gasteiger partial charge in [-0.2, -0.15) is 0 Å². The summed E-state index contributed by atoms with van der Waals surface area (Å²) in [6.07, 6.45) is 1.31. The fourth-order valence-electron chi connectivity index (χ4n) is 4.44. The largest absolute Gasteiger partial charge is 0.489 e. The number of fused-ring (bicyclic) bond motifs is 1. The number of hydrogen-bond donors (Lipinski definition) is 1. The standard InChI is InChI=1S/C27H26N2O3S/c30-27(31)20-13-15-29(16-14-20)25(26-28-23-11-4-5-12-24(23)33-26)21-9-6-10-22(17-21)32-18-19-7-2-1-3-8-19/h1-12,17,20,25H,13-16,18H2,(H,30,31). The van der Waals surface area contributed by atoms with Gasteiger partial charge in [-0.05, 0) is 61.3 Å². The van der Waals surface area contributed by atoms with Gasteiger partial charge in [0.1, 0.15) is 17.4 Å². The van der Waals surface area contributed by atoms with Crippen LogP contribution < -0.4 is 4.74 Å². The second-order valence-corrected chi connectivity index (χ2v) is 9.48. The van der Waals surface area contributed by atoms with Crippen LogP contribution in [0.5, 0.6) is 5.75 Å². The highest BCUT2D eigenvalue weighted by Gasteiger charge is 2.32. The van der Waals surface area contributed by atoms with Crippen LogP contribution in [-0.2, 0) is 11.4 Å². The predicted octanol–water partition coefficient (Wildman–Crippen LogP) is 5.76. The molecule has 168 valence electrons. The first-order valence-electron chi connectivity index (χ1n) is 11.3. The van der Waals surface area contributed by atoms with Gasteiger partial charge in [0.15, 0.2) is 0 Å². The Balaban J connectivity index is 1.44. The quantitative estimate of drug-likeness (QED) is 0.381. The van der Waals surface area contributed by atoms with Crippen molar-refractivity contribution in [2.24, 2.45) is 5.92 Å². The van der Waals surface area contributed by atoms with Crippen molar-refractivity contribution in [3.8, 4) is 5.75 Å². The molecule has 3 aromatic carbocycles. The fraction of sp³-hybridized carbons (Fsp3) is 0.259. The maximum Gasteiger partial charge on any atom is 0.306 e. The van der Waals surface area contributed by atoms with Gasteiger partial charge in [0.05, 0.1) is 22.2 Å². The maximum atomic E-state index is 11.5. The molecule has 0 bridgehead atoms. The summed E-state index contributed by atoms with van der Waals surface area (Å²) < 4.78 is 7.26. The number of thiazole rings is 1. The lowest BCUT2D eigenvalue weighted by molar-refractivity contribution is -0.143. The first kappa shape index (κ1) is 21.6. The monoisotopic (exact) mass is 458 g/mol. The SMILES string of the molecule is O=C(O)C1CCN(C(c2cccc(OCc3ccccc3)c2)c2nc3ccccc3s2)CC1. The van der Waals surface area contributed by atoms with Crippen molar-refractivity contribution < 1.29 is 14.6 Å². The van der Waals surface area contributed by atoms with Gasteiger partial charge in [0.2, 0.25) is 0 Å². The van der Waals surface area contributed by atoms with Gasteiger partial charge in [-0.1, -0.05) is 54.6 Å². The van der Waals surface area contributed by atoms with E-state index in [1.165, 1.54) is 0 Å². The smallest absolute Gasteiger partial charge is 0.306 e.